The number of hydrogen-bond donors (Lipinski definition) is 0. The summed E-state index contributed by atoms with van der Waals surface area (Å²) >= 11 is 0. The lowest BCUT2D eigenvalue weighted by Crippen LogP contribution is -2.36. The molecular weight excluding hydrogens is 328 g/mol. The minimum atomic E-state index is -0.190. The summed E-state index contributed by atoms with van der Waals surface area (Å²) in [5.74, 6) is -0.149. The van der Waals surface area contributed by atoms with Crippen LogP contribution in [0.2, 0.25) is 0 Å². The van der Waals surface area contributed by atoms with E-state index in [0.29, 0.717) is 6.04 Å². The summed E-state index contributed by atoms with van der Waals surface area (Å²) in [5.41, 5.74) is 4.34. The Morgan fingerprint density at radius 2 is 2.08 bits per heavy atom. The summed E-state index contributed by atoms with van der Waals surface area (Å²) < 4.78 is 6.99. The van der Waals surface area contributed by atoms with Crippen LogP contribution in [0.15, 0.2) is 30.3 Å². The number of aromatic nitrogens is 2. The molecule has 0 radical (unpaired) electrons. The van der Waals surface area contributed by atoms with Crippen molar-refractivity contribution in [3.63, 3.8) is 0 Å². The minimum Gasteiger partial charge on any atom is -0.468 e. The SMILES string of the molecule is COC(=O)[C@@H]1C[C@@H](N(C)C)CN1Cc1cccc(-n2nc(C)cc2C)c1. The maximum Gasteiger partial charge on any atom is 0.323 e. The van der Waals surface area contributed by atoms with Crippen molar-refractivity contribution in [2.45, 2.75) is 38.9 Å². The van der Waals surface area contributed by atoms with Crippen LogP contribution in [0.5, 0.6) is 0 Å². The molecule has 0 N–H and O–H groups in total. The zero-order valence-corrected chi connectivity index (χ0v) is 16.3. The Labute approximate surface area is 155 Å². The average Bonchev–Trinajstić information content (AvgIpc) is 3.17. The Kier molecular flexibility index (Phi) is 5.44. The molecule has 1 aromatic heterocycles. The van der Waals surface area contributed by atoms with Crippen LogP contribution in [0, 0.1) is 13.8 Å². The summed E-state index contributed by atoms with van der Waals surface area (Å²) in [6.45, 7) is 5.64. The van der Waals surface area contributed by atoms with E-state index >= 15 is 0 Å². The highest BCUT2D eigenvalue weighted by Gasteiger charge is 2.38. The highest BCUT2D eigenvalue weighted by molar-refractivity contribution is 5.76. The standard InChI is InChI=1S/C20H28N4O2/c1-14-9-15(2)24(21-14)17-8-6-7-16(10-17)12-23-13-18(22(3)4)11-19(23)20(25)26-5/h6-10,18-19H,11-13H2,1-5H3/t18-,19+/m1/s1. The molecule has 0 aliphatic carbocycles. The van der Waals surface area contributed by atoms with Crippen LogP contribution >= 0.6 is 0 Å². The number of rotatable bonds is 5. The highest BCUT2D eigenvalue weighted by Crippen LogP contribution is 2.25. The van der Waals surface area contributed by atoms with Gasteiger partial charge in [-0.05, 0) is 58.1 Å². The van der Waals surface area contributed by atoms with Gasteiger partial charge >= 0.3 is 5.97 Å². The van der Waals surface area contributed by atoms with Crippen LogP contribution in [0.25, 0.3) is 5.69 Å². The van der Waals surface area contributed by atoms with E-state index < -0.39 is 0 Å². The predicted molar refractivity (Wildman–Crippen MR) is 101 cm³/mol. The van der Waals surface area contributed by atoms with Crippen LogP contribution in [-0.4, -0.2) is 65.4 Å². The van der Waals surface area contributed by atoms with E-state index in [1.54, 1.807) is 0 Å². The van der Waals surface area contributed by atoms with Crippen molar-refractivity contribution in [2.24, 2.45) is 0 Å². The first kappa shape index (κ1) is 18.6. The van der Waals surface area contributed by atoms with Crippen molar-refractivity contribution in [2.75, 3.05) is 27.7 Å². The molecule has 6 nitrogen and oxygen atoms in total. The Morgan fingerprint density at radius 3 is 2.69 bits per heavy atom. The van der Waals surface area contributed by atoms with Gasteiger partial charge < -0.3 is 9.64 Å². The Bertz CT molecular complexity index is 784. The van der Waals surface area contributed by atoms with E-state index in [0.717, 1.165) is 36.6 Å². The monoisotopic (exact) mass is 356 g/mol. The van der Waals surface area contributed by atoms with Gasteiger partial charge in [0.25, 0.3) is 0 Å². The molecule has 2 heterocycles. The van der Waals surface area contributed by atoms with E-state index in [4.69, 9.17) is 4.74 Å². The van der Waals surface area contributed by atoms with Gasteiger partial charge in [-0.1, -0.05) is 12.1 Å². The summed E-state index contributed by atoms with van der Waals surface area (Å²) in [6.07, 6.45) is 0.802. The largest absolute Gasteiger partial charge is 0.468 e. The third-order valence-corrected chi connectivity index (χ3v) is 5.14. The van der Waals surface area contributed by atoms with Gasteiger partial charge in [0.05, 0.1) is 18.5 Å². The lowest BCUT2D eigenvalue weighted by molar-refractivity contribution is -0.146. The van der Waals surface area contributed by atoms with Gasteiger partial charge in [0.15, 0.2) is 0 Å². The van der Waals surface area contributed by atoms with Crippen LogP contribution in [-0.2, 0) is 16.1 Å². The maximum atomic E-state index is 12.2. The molecule has 0 spiro atoms. The normalized spacial score (nSPS) is 20.7. The van der Waals surface area contributed by atoms with Crippen molar-refractivity contribution in [3.05, 3.63) is 47.3 Å². The fourth-order valence-electron chi connectivity index (χ4n) is 3.72. The van der Waals surface area contributed by atoms with Gasteiger partial charge in [0.2, 0.25) is 0 Å². The quantitative estimate of drug-likeness (QED) is 0.769. The zero-order chi connectivity index (χ0) is 18.8. The number of methoxy groups -OCH3 is 1. The molecule has 1 saturated heterocycles. The van der Waals surface area contributed by atoms with Crippen LogP contribution in [0.1, 0.15) is 23.4 Å². The van der Waals surface area contributed by atoms with Crippen molar-refractivity contribution in [1.82, 2.24) is 19.6 Å². The number of hydrogen-bond acceptors (Lipinski definition) is 5. The summed E-state index contributed by atoms with van der Waals surface area (Å²) in [7, 11) is 5.59. The first-order valence-corrected chi connectivity index (χ1v) is 9.00. The van der Waals surface area contributed by atoms with E-state index in [1.807, 2.05) is 17.7 Å². The van der Waals surface area contributed by atoms with E-state index in [-0.39, 0.29) is 12.0 Å². The molecule has 0 bridgehead atoms. The first-order chi connectivity index (χ1) is 12.4. The van der Waals surface area contributed by atoms with Gasteiger partial charge in [0.1, 0.15) is 6.04 Å². The molecule has 1 aromatic carbocycles. The number of likely N-dealkylation sites (tertiary alicyclic amines) is 1. The number of esters is 1. The molecule has 1 fully saturated rings. The Hall–Kier alpha value is -2.18. The number of likely N-dealkylation sites (N-methyl/N-ethyl adjacent to an activating group) is 1. The second kappa shape index (κ2) is 7.60. The van der Waals surface area contributed by atoms with Crippen LogP contribution in [0.4, 0.5) is 0 Å². The average molecular weight is 356 g/mol. The smallest absolute Gasteiger partial charge is 0.323 e. The summed E-state index contributed by atoms with van der Waals surface area (Å²) in [6, 6.07) is 10.6. The molecule has 2 atom stereocenters. The Balaban J connectivity index is 1.82. The topological polar surface area (TPSA) is 50.6 Å². The molecule has 1 aliphatic rings. The lowest BCUT2D eigenvalue weighted by atomic mass is 10.1. The third kappa shape index (κ3) is 3.81. The molecule has 2 aromatic rings. The number of benzene rings is 1. The van der Waals surface area contributed by atoms with Crippen molar-refractivity contribution >= 4 is 5.97 Å². The van der Waals surface area contributed by atoms with E-state index in [2.05, 4.69) is 60.2 Å². The van der Waals surface area contributed by atoms with Gasteiger partial charge in [-0.25, -0.2) is 4.68 Å². The molecule has 0 amide bonds. The molecule has 1 aliphatic heterocycles. The second-order valence-electron chi connectivity index (χ2n) is 7.33. The fourth-order valence-corrected chi connectivity index (χ4v) is 3.72. The number of carbonyl (C=O) groups excluding carboxylic acids is 1. The van der Waals surface area contributed by atoms with E-state index in [1.165, 1.54) is 12.7 Å². The molecule has 140 valence electrons. The van der Waals surface area contributed by atoms with Crippen LogP contribution in [0.3, 0.4) is 0 Å². The predicted octanol–water partition coefficient (Wildman–Crippen LogP) is 2.17. The molecule has 26 heavy (non-hydrogen) atoms. The van der Waals surface area contributed by atoms with Crippen molar-refractivity contribution in [1.29, 1.82) is 0 Å². The van der Waals surface area contributed by atoms with Gasteiger partial charge in [-0.3, -0.25) is 9.69 Å². The highest BCUT2D eigenvalue weighted by atomic mass is 16.5. The summed E-state index contributed by atoms with van der Waals surface area (Å²) in [4.78, 5) is 16.6. The van der Waals surface area contributed by atoms with Gasteiger partial charge in [-0.15, -0.1) is 0 Å². The van der Waals surface area contributed by atoms with Crippen molar-refractivity contribution < 1.29 is 9.53 Å². The molecule has 0 saturated carbocycles. The van der Waals surface area contributed by atoms with Crippen molar-refractivity contribution in [3.8, 4) is 5.69 Å². The maximum absolute atomic E-state index is 12.2. The summed E-state index contributed by atoms with van der Waals surface area (Å²) in [5, 5.41) is 4.57. The number of aryl methyl sites for hydroxylation is 2. The molecule has 0 unspecified atom stereocenters. The zero-order valence-electron chi connectivity index (χ0n) is 16.3. The minimum absolute atomic E-state index is 0.149. The Morgan fingerprint density at radius 1 is 1.31 bits per heavy atom. The number of ether oxygens (including phenoxy) is 1. The van der Waals surface area contributed by atoms with Crippen LogP contribution < -0.4 is 0 Å². The van der Waals surface area contributed by atoms with Gasteiger partial charge in [0, 0.05) is 24.8 Å². The third-order valence-electron chi connectivity index (χ3n) is 5.14. The first-order valence-electron chi connectivity index (χ1n) is 9.00. The number of nitrogens with zero attached hydrogens (tertiary/aromatic N) is 4. The molecule has 6 heteroatoms. The van der Waals surface area contributed by atoms with Gasteiger partial charge in [-0.2, -0.15) is 5.10 Å². The number of carbonyl (C=O) groups is 1. The second-order valence-corrected chi connectivity index (χ2v) is 7.33. The fraction of sp³-hybridized carbons (Fsp3) is 0.500. The molecular formula is C20H28N4O2. The molecule has 3 rings (SSSR count). The lowest BCUT2D eigenvalue weighted by Gasteiger charge is -2.23. The van der Waals surface area contributed by atoms with E-state index in [9.17, 15) is 4.79 Å².